The summed E-state index contributed by atoms with van der Waals surface area (Å²) in [5, 5.41) is 17.0. The van der Waals surface area contributed by atoms with Gasteiger partial charge in [0.05, 0.1) is 4.92 Å². The van der Waals surface area contributed by atoms with Crippen LogP contribution in [0.25, 0.3) is 0 Å². The van der Waals surface area contributed by atoms with Crippen LogP contribution >= 0.6 is 0 Å². The molecule has 0 aliphatic heterocycles. The van der Waals surface area contributed by atoms with E-state index in [4.69, 9.17) is 10.3 Å². The van der Waals surface area contributed by atoms with Crippen molar-refractivity contribution in [3.8, 4) is 0 Å². The van der Waals surface area contributed by atoms with Crippen molar-refractivity contribution in [2.75, 3.05) is 17.6 Å². The molecule has 94 valence electrons. The van der Waals surface area contributed by atoms with E-state index in [1.807, 2.05) is 0 Å². The highest BCUT2D eigenvalue weighted by atomic mass is 16.6. The van der Waals surface area contributed by atoms with Gasteiger partial charge in [0.2, 0.25) is 11.7 Å². The van der Waals surface area contributed by atoms with E-state index >= 15 is 0 Å². The summed E-state index contributed by atoms with van der Waals surface area (Å²) in [6, 6.07) is 2.68. The second-order valence-electron chi connectivity index (χ2n) is 3.37. The van der Waals surface area contributed by atoms with E-state index in [2.05, 4.69) is 20.4 Å². The molecule has 2 heterocycles. The van der Waals surface area contributed by atoms with Gasteiger partial charge in [-0.2, -0.15) is 4.98 Å². The number of anilines is 2. The lowest BCUT2D eigenvalue weighted by Gasteiger charge is -2.05. The second-order valence-corrected chi connectivity index (χ2v) is 3.37. The smallest absolute Gasteiger partial charge is 0.311 e. The number of nitrogens with one attached hydrogen (secondary N) is 1. The topological polar surface area (TPSA) is 133 Å². The van der Waals surface area contributed by atoms with Crippen molar-refractivity contribution in [1.29, 1.82) is 0 Å². The van der Waals surface area contributed by atoms with Gasteiger partial charge in [-0.15, -0.1) is 0 Å². The zero-order chi connectivity index (χ0) is 13.0. The number of nitrogen functional groups attached to an aromatic ring is 1. The molecule has 0 amide bonds. The molecule has 3 N–H and O–H groups in total. The van der Waals surface area contributed by atoms with Gasteiger partial charge in [-0.05, 0) is 6.07 Å². The average Bonchev–Trinajstić information content (AvgIpc) is 2.82. The quantitative estimate of drug-likeness (QED) is 0.582. The molecule has 0 saturated heterocycles. The first-order valence-corrected chi connectivity index (χ1v) is 5.07. The number of pyridine rings is 1. The van der Waals surface area contributed by atoms with E-state index < -0.39 is 4.92 Å². The summed E-state index contributed by atoms with van der Waals surface area (Å²) >= 11 is 0. The van der Waals surface area contributed by atoms with Gasteiger partial charge in [-0.3, -0.25) is 10.1 Å². The van der Waals surface area contributed by atoms with Crippen molar-refractivity contribution in [3.05, 3.63) is 34.5 Å². The van der Waals surface area contributed by atoms with Gasteiger partial charge in [-0.1, -0.05) is 5.16 Å². The number of rotatable bonds is 5. The molecule has 2 aromatic rings. The molecule has 0 unspecified atom stereocenters. The zero-order valence-corrected chi connectivity index (χ0v) is 9.24. The molecular weight excluding hydrogens is 240 g/mol. The Balaban J connectivity index is 2.03. The van der Waals surface area contributed by atoms with Crippen molar-refractivity contribution in [3.63, 3.8) is 0 Å². The maximum absolute atomic E-state index is 10.8. The number of aromatic nitrogens is 3. The Hall–Kier alpha value is -2.71. The van der Waals surface area contributed by atoms with Crippen LogP contribution in [0.15, 0.2) is 23.0 Å². The van der Waals surface area contributed by atoms with E-state index in [0.717, 1.165) is 0 Å². The highest BCUT2D eigenvalue weighted by Crippen LogP contribution is 2.22. The molecular formula is C9H10N6O3. The van der Waals surface area contributed by atoms with Crippen molar-refractivity contribution in [2.45, 2.75) is 6.42 Å². The largest absolute Gasteiger partial charge is 0.384 e. The highest BCUT2D eigenvalue weighted by molar-refractivity contribution is 5.59. The van der Waals surface area contributed by atoms with Crippen LogP contribution in [0.1, 0.15) is 5.89 Å². The lowest BCUT2D eigenvalue weighted by molar-refractivity contribution is -0.384. The first kappa shape index (κ1) is 11.8. The van der Waals surface area contributed by atoms with Crippen molar-refractivity contribution in [2.24, 2.45) is 0 Å². The molecule has 9 heteroatoms. The Labute approximate surface area is 101 Å². The van der Waals surface area contributed by atoms with E-state index in [-0.39, 0.29) is 17.3 Å². The summed E-state index contributed by atoms with van der Waals surface area (Å²) in [4.78, 5) is 17.9. The van der Waals surface area contributed by atoms with Gasteiger partial charge in [-0.25, -0.2) is 4.98 Å². The summed E-state index contributed by atoms with van der Waals surface area (Å²) in [6.45, 7) is 0.374. The minimum atomic E-state index is -0.526. The summed E-state index contributed by atoms with van der Waals surface area (Å²) in [6.07, 6.45) is 1.73. The fourth-order valence-corrected chi connectivity index (χ4v) is 1.34. The van der Waals surface area contributed by atoms with Gasteiger partial charge in [0.1, 0.15) is 5.82 Å². The molecule has 0 radical (unpaired) electrons. The Kier molecular flexibility index (Phi) is 3.32. The molecule has 0 atom stereocenters. The first-order chi connectivity index (χ1) is 8.66. The third kappa shape index (κ3) is 2.70. The Morgan fingerprint density at radius 3 is 3.00 bits per heavy atom. The Morgan fingerprint density at radius 2 is 2.33 bits per heavy atom. The molecule has 0 aliphatic rings. The predicted molar refractivity (Wildman–Crippen MR) is 61.8 cm³/mol. The van der Waals surface area contributed by atoms with Gasteiger partial charge in [0, 0.05) is 19.0 Å². The van der Waals surface area contributed by atoms with Crippen LogP contribution in [-0.4, -0.2) is 26.6 Å². The van der Waals surface area contributed by atoms with Gasteiger partial charge in [0.25, 0.3) is 0 Å². The van der Waals surface area contributed by atoms with Crippen LogP contribution in [-0.2, 0) is 6.42 Å². The number of nitrogens with two attached hydrogens (primary N) is 1. The minimum Gasteiger partial charge on any atom is -0.384 e. The third-order valence-electron chi connectivity index (χ3n) is 2.13. The van der Waals surface area contributed by atoms with Crippen LogP contribution < -0.4 is 11.1 Å². The third-order valence-corrected chi connectivity index (χ3v) is 2.13. The number of hydrogen-bond donors (Lipinski definition) is 2. The van der Waals surface area contributed by atoms with E-state index in [0.29, 0.717) is 18.9 Å². The molecule has 0 bridgehead atoms. The number of hydrogen-bond acceptors (Lipinski definition) is 8. The molecule has 2 aromatic heterocycles. The zero-order valence-electron chi connectivity index (χ0n) is 9.24. The molecule has 0 aliphatic carbocycles. The van der Waals surface area contributed by atoms with E-state index in [9.17, 15) is 10.1 Å². The van der Waals surface area contributed by atoms with Gasteiger partial charge < -0.3 is 15.6 Å². The van der Waals surface area contributed by atoms with Crippen LogP contribution in [0.4, 0.5) is 17.3 Å². The Morgan fingerprint density at radius 1 is 1.50 bits per heavy atom. The van der Waals surface area contributed by atoms with Crippen molar-refractivity contribution >= 4 is 17.3 Å². The molecule has 2 rings (SSSR count). The van der Waals surface area contributed by atoms with Gasteiger partial charge in [0.15, 0.2) is 6.33 Å². The van der Waals surface area contributed by atoms with E-state index in [1.165, 1.54) is 18.5 Å². The maximum Gasteiger partial charge on any atom is 0.311 e. The predicted octanol–water partition coefficient (Wildman–Crippen LogP) is 0.610. The van der Waals surface area contributed by atoms with Crippen LogP contribution in [0, 0.1) is 10.1 Å². The summed E-state index contributed by atoms with van der Waals surface area (Å²) in [7, 11) is 0. The standard InChI is InChI=1S/C9H10N6O3/c10-7-2-1-6(15(16)17)9(14-7)11-4-3-8-12-5-13-18-8/h1-2,5H,3-4H2,(H3,10,11,14). The summed E-state index contributed by atoms with van der Waals surface area (Å²) < 4.78 is 4.79. The summed E-state index contributed by atoms with van der Waals surface area (Å²) in [5.74, 6) is 0.773. The maximum atomic E-state index is 10.8. The fraction of sp³-hybridized carbons (Fsp3) is 0.222. The molecule has 9 nitrogen and oxygen atoms in total. The fourth-order valence-electron chi connectivity index (χ4n) is 1.34. The van der Waals surface area contributed by atoms with Crippen LogP contribution in [0.2, 0.25) is 0 Å². The van der Waals surface area contributed by atoms with Crippen LogP contribution in [0.3, 0.4) is 0 Å². The monoisotopic (exact) mass is 250 g/mol. The van der Waals surface area contributed by atoms with Crippen molar-refractivity contribution in [1.82, 2.24) is 15.1 Å². The number of nitro groups is 1. The lowest BCUT2D eigenvalue weighted by atomic mass is 10.3. The molecule has 0 spiro atoms. The Bertz CT molecular complexity index is 541. The van der Waals surface area contributed by atoms with Crippen molar-refractivity contribution < 1.29 is 9.45 Å². The summed E-state index contributed by atoms with van der Waals surface area (Å²) in [5.41, 5.74) is 5.35. The minimum absolute atomic E-state index is 0.125. The lowest BCUT2D eigenvalue weighted by Crippen LogP contribution is -2.09. The number of nitrogens with zero attached hydrogens (tertiary/aromatic N) is 4. The molecule has 0 fully saturated rings. The average molecular weight is 250 g/mol. The second kappa shape index (κ2) is 5.08. The normalized spacial score (nSPS) is 10.2. The first-order valence-electron chi connectivity index (χ1n) is 5.07. The highest BCUT2D eigenvalue weighted by Gasteiger charge is 2.15. The molecule has 0 aromatic carbocycles. The molecule has 0 saturated carbocycles. The molecule has 18 heavy (non-hydrogen) atoms. The van der Waals surface area contributed by atoms with E-state index in [1.54, 1.807) is 0 Å². The van der Waals surface area contributed by atoms with Crippen LogP contribution in [0.5, 0.6) is 0 Å². The van der Waals surface area contributed by atoms with Gasteiger partial charge >= 0.3 is 5.69 Å². The SMILES string of the molecule is Nc1ccc([N+](=O)[O-])c(NCCc2ncno2)n1.